The average molecular weight is 388 g/mol. The van der Waals surface area contributed by atoms with Crippen LogP contribution in [0.25, 0.3) is 32.9 Å². The van der Waals surface area contributed by atoms with Crippen LogP contribution in [0.3, 0.4) is 0 Å². The molecule has 5 heteroatoms. The molecule has 4 aromatic rings. The van der Waals surface area contributed by atoms with Gasteiger partial charge in [-0.1, -0.05) is 42.5 Å². The number of fused-ring (bicyclic) bond motifs is 2. The number of rotatable bonds is 4. The highest BCUT2D eigenvalue weighted by atomic mass is 16.5. The second kappa shape index (κ2) is 7.01. The van der Waals surface area contributed by atoms with Gasteiger partial charge >= 0.3 is 5.97 Å². The van der Waals surface area contributed by atoms with Crippen LogP contribution in [0.4, 0.5) is 0 Å². The van der Waals surface area contributed by atoms with E-state index in [4.69, 9.17) is 4.74 Å². The number of nitrogens with one attached hydrogen (secondary N) is 1. The summed E-state index contributed by atoms with van der Waals surface area (Å²) in [5.74, 6) is -1.00. The molecule has 0 aliphatic carbocycles. The summed E-state index contributed by atoms with van der Waals surface area (Å²) in [4.78, 5) is 19.9. The molecule has 0 bridgehead atoms. The van der Waals surface area contributed by atoms with Gasteiger partial charge in [0.05, 0.1) is 23.0 Å². The molecular weight excluding hydrogens is 364 g/mol. The maximum atomic E-state index is 12.3. The number of hydrogen-bond acceptors (Lipinski definition) is 3. The first kappa shape index (κ1) is 19.2. The zero-order chi connectivity index (χ0) is 20.8. The third kappa shape index (κ3) is 3.49. The Bertz CT molecular complexity index is 1220. The first-order valence-corrected chi connectivity index (χ1v) is 9.61. The number of H-pyrrole nitrogens is 1. The van der Waals surface area contributed by atoms with Crippen LogP contribution < -0.4 is 0 Å². The molecule has 3 aromatic carbocycles. The Kier molecular flexibility index (Phi) is 4.63. The first-order valence-electron chi connectivity index (χ1n) is 9.61. The molecule has 0 fully saturated rings. The quantitative estimate of drug-likeness (QED) is 0.475. The fourth-order valence-electron chi connectivity index (χ4n) is 3.89. The molecule has 0 spiro atoms. The minimum Gasteiger partial charge on any atom is -0.479 e. The largest absolute Gasteiger partial charge is 0.479 e. The molecule has 148 valence electrons. The zero-order valence-corrected chi connectivity index (χ0v) is 17.0. The maximum absolute atomic E-state index is 12.3. The number of aromatic nitrogens is 2. The Morgan fingerprint density at radius 3 is 2.62 bits per heavy atom. The summed E-state index contributed by atoms with van der Waals surface area (Å²) in [5, 5.41) is 12.1. The van der Waals surface area contributed by atoms with Gasteiger partial charge in [0, 0.05) is 11.1 Å². The van der Waals surface area contributed by atoms with E-state index in [9.17, 15) is 9.90 Å². The molecule has 2 N–H and O–H groups in total. The van der Waals surface area contributed by atoms with E-state index in [-0.39, 0.29) is 0 Å². The van der Waals surface area contributed by atoms with E-state index in [0.29, 0.717) is 5.56 Å². The number of aliphatic carboxylic acids is 1. The molecule has 1 heterocycles. The van der Waals surface area contributed by atoms with E-state index in [1.165, 1.54) is 0 Å². The van der Waals surface area contributed by atoms with E-state index < -0.39 is 17.7 Å². The van der Waals surface area contributed by atoms with Gasteiger partial charge in [0.2, 0.25) is 0 Å². The van der Waals surface area contributed by atoms with Crippen molar-refractivity contribution in [1.29, 1.82) is 0 Å². The second-order valence-corrected chi connectivity index (χ2v) is 8.25. The molecule has 1 aromatic heterocycles. The van der Waals surface area contributed by atoms with Gasteiger partial charge in [-0.05, 0) is 55.7 Å². The first-order chi connectivity index (χ1) is 13.8. The SMILES string of the molecule is Cc1cc2ccccc2c(-c2cccc3nc[nH]c23)c1[C@H](OC(C)(C)C)C(=O)O. The number of nitrogens with zero attached hydrogens (tertiary/aromatic N) is 1. The summed E-state index contributed by atoms with van der Waals surface area (Å²) < 4.78 is 6.05. The number of benzene rings is 3. The van der Waals surface area contributed by atoms with Gasteiger partial charge in [0.25, 0.3) is 0 Å². The lowest BCUT2D eigenvalue weighted by Crippen LogP contribution is -2.28. The van der Waals surface area contributed by atoms with Gasteiger partial charge in [-0.3, -0.25) is 0 Å². The van der Waals surface area contributed by atoms with Gasteiger partial charge in [-0.2, -0.15) is 0 Å². The minimum atomic E-state index is -1.09. The standard InChI is InChI=1S/C24H24N2O3/c1-14-12-15-8-5-6-9-16(15)20(17-10-7-11-18-21(17)26-13-25-18)19(14)22(23(27)28)29-24(2,3)4/h5-13,22H,1-4H3,(H,25,26)(H,27,28)/t22-/m0/s1. The Morgan fingerprint density at radius 2 is 1.90 bits per heavy atom. The molecular formula is C24H24N2O3. The van der Waals surface area contributed by atoms with Crippen molar-refractivity contribution in [2.24, 2.45) is 0 Å². The van der Waals surface area contributed by atoms with Crippen molar-refractivity contribution in [3.8, 4) is 11.1 Å². The number of carboxylic acid groups (broad SMARTS) is 1. The molecule has 0 unspecified atom stereocenters. The molecule has 0 aliphatic rings. The molecule has 0 saturated carbocycles. The fourth-order valence-corrected chi connectivity index (χ4v) is 3.89. The van der Waals surface area contributed by atoms with Crippen molar-refractivity contribution in [1.82, 2.24) is 9.97 Å². The summed E-state index contributed by atoms with van der Waals surface area (Å²) in [6.45, 7) is 7.55. The number of aryl methyl sites for hydroxylation is 1. The van der Waals surface area contributed by atoms with Crippen molar-refractivity contribution >= 4 is 27.8 Å². The van der Waals surface area contributed by atoms with Crippen LogP contribution in [0.2, 0.25) is 0 Å². The van der Waals surface area contributed by atoms with E-state index in [1.807, 2.05) is 76.2 Å². The van der Waals surface area contributed by atoms with Crippen LogP contribution >= 0.6 is 0 Å². The maximum Gasteiger partial charge on any atom is 0.337 e. The lowest BCUT2D eigenvalue weighted by molar-refractivity contribution is -0.160. The predicted molar refractivity (Wildman–Crippen MR) is 115 cm³/mol. The van der Waals surface area contributed by atoms with Gasteiger partial charge in [0.1, 0.15) is 0 Å². The average Bonchev–Trinajstić information content (AvgIpc) is 3.13. The van der Waals surface area contributed by atoms with E-state index >= 15 is 0 Å². The zero-order valence-electron chi connectivity index (χ0n) is 17.0. The highest BCUT2D eigenvalue weighted by molar-refractivity contribution is 6.06. The summed E-state index contributed by atoms with van der Waals surface area (Å²) in [6, 6.07) is 15.9. The topological polar surface area (TPSA) is 75.2 Å². The lowest BCUT2D eigenvalue weighted by Gasteiger charge is -2.28. The Labute approximate surface area is 169 Å². The van der Waals surface area contributed by atoms with Crippen molar-refractivity contribution < 1.29 is 14.6 Å². The number of hydrogen-bond donors (Lipinski definition) is 2. The van der Waals surface area contributed by atoms with Crippen LogP contribution in [-0.2, 0) is 9.53 Å². The third-order valence-electron chi connectivity index (χ3n) is 4.98. The summed E-state index contributed by atoms with van der Waals surface area (Å²) in [6.07, 6.45) is 0.569. The summed E-state index contributed by atoms with van der Waals surface area (Å²) >= 11 is 0. The highest BCUT2D eigenvalue weighted by Gasteiger charge is 2.32. The predicted octanol–water partition coefficient (Wildman–Crippen LogP) is 5.63. The molecule has 0 amide bonds. The number of para-hydroxylation sites is 1. The lowest BCUT2D eigenvalue weighted by atomic mass is 9.86. The van der Waals surface area contributed by atoms with Gasteiger partial charge in [-0.25, -0.2) is 9.78 Å². The molecule has 0 radical (unpaired) electrons. The second-order valence-electron chi connectivity index (χ2n) is 8.25. The number of imidazole rings is 1. The highest BCUT2D eigenvalue weighted by Crippen LogP contribution is 2.42. The number of carboxylic acids is 1. The van der Waals surface area contributed by atoms with Gasteiger partial charge in [0.15, 0.2) is 6.10 Å². The molecule has 4 rings (SSSR count). The number of aromatic amines is 1. The minimum absolute atomic E-state index is 0.613. The van der Waals surface area contributed by atoms with Crippen molar-refractivity contribution in [2.75, 3.05) is 0 Å². The normalized spacial score (nSPS) is 13.1. The van der Waals surface area contributed by atoms with Crippen LogP contribution in [0.15, 0.2) is 54.9 Å². The molecule has 29 heavy (non-hydrogen) atoms. The van der Waals surface area contributed by atoms with Crippen molar-refractivity contribution in [2.45, 2.75) is 39.4 Å². The van der Waals surface area contributed by atoms with Gasteiger partial charge < -0.3 is 14.8 Å². The Hall–Kier alpha value is -3.18. The van der Waals surface area contributed by atoms with Crippen molar-refractivity contribution in [3.63, 3.8) is 0 Å². The Morgan fingerprint density at radius 1 is 1.14 bits per heavy atom. The van der Waals surface area contributed by atoms with Crippen LogP contribution in [-0.4, -0.2) is 26.6 Å². The molecule has 0 aliphatic heterocycles. The van der Waals surface area contributed by atoms with E-state index in [1.54, 1.807) is 6.33 Å². The molecule has 1 atom stereocenters. The van der Waals surface area contributed by atoms with Crippen molar-refractivity contribution in [3.05, 3.63) is 66.0 Å². The van der Waals surface area contributed by atoms with E-state index in [0.717, 1.165) is 38.5 Å². The smallest absolute Gasteiger partial charge is 0.337 e. The fraction of sp³-hybridized carbons (Fsp3) is 0.250. The van der Waals surface area contributed by atoms with E-state index in [2.05, 4.69) is 9.97 Å². The van der Waals surface area contributed by atoms with Crippen LogP contribution in [0, 0.1) is 6.92 Å². The van der Waals surface area contributed by atoms with Gasteiger partial charge in [-0.15, -0.1) is 0 Å². The Balaban J connectivity index is 2.12. The number of carbonyl (C=O) groups is 1. The number of ether oxygens (including phenoxy) is 1. The van der Waals surface area contributed by atoms with Crippen LogP contribution in [0.5, 0.6) is 0 Å². The molecule has 0 saturated heterocycles. The third-order valence-corrected chi connectivity index (χ3v) is 4.98. The van der Waals surface area contributed by atoms with Crippen LogP contribution in [0.1, 0.15) is 38.0 Å². The molecule has 5 nitrogen and oxygen atoms in total. The summed E-state index contributed by atoms with van der Waals surface area (Å²) in [5.41, 5.74) is 4.44. The monoisotopic (exact) mass is 388 g/mol. The summed E-state index contributed by atoms with van der Waals surface area (Å²) in [7, 11) is 0.